The molecular weight excluding hydrogens is 192 g/mol. The molecule has 1 aromatic rings. The quantitative estimate of drug-likeness (QED) is 0.797. The number of para-hydroxylation sites is 1. The zero-order valence-corrected chi connectivity index (χ0v) is 8.99. The van der Waals surface area contributed by atoms with E-state index in [1.807, 2.05) is 31.2 Å². The predicted octanol–water partition coefficient (Wildman–Crippen LogP) is 1.89. The summed E-state index contributed by atoms with van der Waals surface area (Å²) in [5.74, 6) is 0. The van der Waals surface area contributed by atoms with E-state index in [0.29, 0.717) is 6.54 Å². The maximum Gasteiger partial charge on any atom is 0.411 e. The van der Waals surface area contributed by atoms with E-state index < -0.39 is 6.09 Å². The van der Waals surface area contributed by atoms with E-state index in [0.717, 1.165) is 11.3 Å². The number of anilines is 1. The van der Waals surface area contributed by atoms with Crippen LogP contribution in [0.15, 0.2) is 24.3 Å². The third-order valence-electron chi connectivity index (χ3n) is 2.02. The van der Waals surface area contributed by atoms with Gasteiger partial charge in [0.05, 0.1) is 0 Å². The van der Waals surface area contributed by atoms with E-state index in [1.54, 1.807) is 6.92 Å². The molecule has 4 heteroatoms. The van der Waals surface area contributed by atoms with Crippen LogP contribution >= 0.6 is 0 Å². The fraction of sp³-hybridized carbons (Fsp3) is 0.364. The number of ether oxygens (including phenoxy) is 1. The lowest BCUT2D eigenvalue weighted by Crippen LogP contribution is -2.26. The molecule has 3 N–H and O–H groups in total. The van der Waals surface area contributed by atoms with Gasteiger partial charge in [0.25, 0.3) is 0 Å². The van der Waals surface area contributed by atoms with Gasteiger partial charge < -0.3 is 10.5 Å². The number of carbonyl (C=O) groups is 1. The number of aryl methyl sites for hydroxylation is 1. The summed E-state index contributed by atoms with van der Waals surface area (Å²) in [6.07, 6.45) is -0.740. The van der Waals surface area contributed by atoms with Crippen LogP contribution in [0.5, 0.6) is 0 Å². The van der Waals surface area contributed by atoms with Crippen molar-refractivity contribution in [2.75, 3.05) is 11.9 Å². The van der Waals surface area contributed by atoms with E-state index in [2.05, 4.69) is 5.32 Å². The minimum Gasteiger partial charge on any atom is -0.445 e. The first kappa shape index (κ1) is 11.5. The molecule has 0 aliphatic heterocycles. The maximum absolute atomic E-state index is 11.3. The van der Waals surface area contributed by atoms with Crippen molar-refractivity contribution in [1.82, 2.24) is 0 Å². The molecule has 0 aromatic heterocycles. The van der Waals surface area contributed by atoms with Gasteiger partial charge in [-0.15, -0.1) is 0 Å². The highest BCUT2D eigenvalue weighted by atomic mass is 16.6. The Labute approximate surface area is 89.4 Å². The molecule has 4 nitrogen and oxygen atoms in total. The topological polar surface area (TPSA) is 64.3 Å². The van der Waals surface area contributed by atoms with Crippen LogP contribution in [-0.4, -0.2) is 18.7 Å². The van der Waals surface area contributed by atoms with Crippen LogP contribution in [0.4, 0.5) is 10.5 Å². The van der Waals surface area contributed by atoms with Crippen molar-refractivity contribution >= 4 is 11.8 Å². The van der Waals surface area contributed by atoms with E-state index in [-0.39, 0.29) is 6.10 Å². The normalized spacial score (nSPS) is 11.9. The highest BCUT2D eigenvalue weighted by Crippen LogP contribution is 2.13. The second kappa shape index (κ2) is 5.36. The first-order chi connectivity index (χ1) is 7.13. The third kappa shape index (κ3) is 3.59. The maximum atomic E-state index is 11.3. The molecule has 1 aromatic carbocycles. The van der Waals surface area contributed by atoms with Crippen molar-refractivity contribution in [3.05, 3.63) is 29.8 Å². The van der Waals surface area contributed by atoms with Gasteiger partial charge in [0.15, 0.2) is 0 Å². The summed E-state index contributed by atoms with van der Waals surface area (Å²) in [5.41, 5.74) is 7.09. The van der Waals surface area contributed by atoms with Crippen molar-refractivity contribution in [2.45, 2.75) is 20.0 Å². The fourth-order valence-electron chi connectivity index (χ4n) is 1.08. The zero-order valence-electron chi connectivity index (χ0n) is 8.99. The number of benzene rings is 1. The number of amides is 1. The molecule has 1 amide bonds. The van der Waals surface area contributed by atoms with E-state index in [4.69, 9.17) is 10.5 Å². The Morgan fingerprint density at radius 2 is 2.20 bits per heavy atom. The van der Waals surface area contributed by atoms with Crippen LogP contribution in [0.25, 0.3) is 0 Å². The third-order valence-corrected chi connectivity index (χ3v) is 2.02. The van der Waals surface area contributed by atoms with Crippen molar-refractivity contribution in [3.8, 4) is 0 Å². The number of rotatable bonds is 3. The lowest BCUT2D eigenvalue weighted by molar-refractivity contribution is 0.124. The van der Waals surface area contributed by atoms with E-state index in [1.165, 1.54) is 0 Å². The highest BCUT2D eigenvalue weighted by molar-refractivity contribution is 5.85. The zero-order chi connectivity index (χ0) is 11.3. The van der Waals surface area contributed by atoms with Gasteiger partial charge >= 0.3 is 6.09 Å². The van der Waals surface area contributed by atoms with Crippen LogP contribution in [0.3, 0.4) is 0 Å². The van der Waals surface area contributed by atoms with Crippen LogP contribution in [0, 0.1) is 6.92 Å². The van der Waals surface area contributed by atoms with Gasteiger partial charge in [0, 0.05) is 12.2 Å². The Kier molecular flexibility index (Phi) is 4.12. The van der Waals surface area contributed by atoms with Gasteiger partial charge in [-0.05, 0) is 25.5 Å². The number of nitrogens with two attached hydrogens (primary N) is 1. The highest BCUT2D eigenvalue weighted by Gasteiger charge is 2.08. The summed E-state index contributed by atoms with van der Waals surface area (Å²) in [6.45, 7) is 3.99. The molecule has 1 rings (SSSR count). The van der Waals surface area contributed by atoms with Gasteiger partial charge in [0.2, 0.25) is 0 Å². The average Bonchev–Trinajstić information content (AvgIpc) is 2.21. The molecule has 1 atom stereocenters. The first-order valence-electron chi connectivity index (χ1n) is 4.87. The lowest BCUT2D eigenvalue weighted by Gasteiger charge is -2.12. The Bertz CT molecular complexity index is 339. The van der Waals surface area contributed by atoms with Crippen LogP contribution in [-0.2, 0) is 4.74 Å². The Balaban J connectivity index is 2.55. The van der Waals surface area contributed by atoms with Crippen LogP contribution < -0.4 is 11.1 Å². The monoisotopic (exact) mass is 208 g/mol. The van der Waals surface area contributed by atoms with Crippen molar-refractivity contribution < 1.29 is 9.53 Å². The molecule has 0 saturated carbocycles. The van der Waals surface area contributed by atoms with Crippen molar-refractivity contribution in [2.24, 2.45) is 5.73 Å². The van der Waals surface area contributed by atoms with Gasteiger partial charge in [-0.3, -0.25) is 5.32 Å². The van der Waals surface area contributed by atoms with E-state index in [9.17, 15) is 4.79 Å². The molecule has 0 bridgehead atoms. The molecule has 15 heavy (non-hydrogen) atoms. The largest absolute Gasteiger partial charge is 0.445 e. The lowest BCUT2D eigenvalue weighted by atomic mass is 10.2. The summed E-state index contributed by atoms with van der Waals surface area (Å²) >= 11 is 0. The Morgan fingerprint density at radius 1 is 1.53 bits per heavy atom. The second-order valence-corrected chi connectivity index (χ2v) is 3.39. The molecule has 1 unspecified atom stereocenters. The second-order valence-electron chi connectivity index (χ2n) is 3.39. The molecule has 0 saturated heterocycles. The summed E-state index contributed by atoms with van der Waals surface area (Å²) in [4.78, 5) is 11.3. The SMILES string of the molecule is Cc1ccccc1NC(=O)OC(C)CN. The first-order valence-corrected chi connectivity index (χ1v) is 4.87. The molecule has 0 fully saturated rings. The molecule has 0 heterocycles. The Morgan fingerprint density at radius 3 is 2.80 bits per heavy atom. The molecule has 0 radical (unpaired) electrons. The van der Waals surface area contributed by atoms with Crippen LogP contribution in [0.2, 0.25) is 0 Å². The number of hydrogen-bond acceptors (Lipinski definition) is 3. The van der Waals surface area contributed by atoms with Crippen molar-refractivity contribution in [1.29, 1.82) is 0 Å². The van der Waals surface area contributed by atoms with Crippen molar-refractivity contribution in [3.63, 3.8) is 0 Å². The van der Waals surface area contributed by atoms with Gasteiger partial charge in [-0.25, -0.2) is 4.79 Å². The molecule has 0 aliphatic rings. The van der Waals surface area contributed by atoms with E-state index >= 15 is 0 Å². The van der Waals surface area contributed by atoms with Gasteiger partial charge in [0.1, 0.15) is 6.10 Å². The average molecular weight is 208 g/mol. The molecule has 0 aliphatic carbocycles. The molecule has 0 spiro atoms. The number of nitrogens with one attached hydrogen (secondary N) is 1. The smallest absolute Gasteiger partial charge is 0.411 e. The Hall–Kier alpha value is -1.55. The predicted molar refractivity (Wildman–Crippen MR) is 59.8 cm³/mol. The number of carbonyl (C=O) groups excluding carboxylic acids is 1. The summed E-state index contributed by atoms with van der Waals surface area (Å²) in [6, 6.07) is 7.51. The van der Waals surface area contributed by atoms with Gasteiger partial charge in [-0.1, -0.05) is 18.2 Å². The fourth-order valence-corrected chi connectivity index (χ4v) is 1.08. The summed E-state index contributed by atoms with van der Waals surface area (Å²) in [7, 11) is 0. The minimum absolute atomic E-state index is 0.269. The summed E-state index contributed by atoms with van der Waals surface area (Å²) in [5, 5.41) is 2.66. The summed E-state index contributed by atoms with van der Waals surface area (Å²) < 4.78 is 4.98. The standard InChI is InChI=1S/C11H16N2O2/c1-8-5-3-4-6-10(8)13-11(14)15-9(2)7-12/h3-6,9H,7,12H2,1-2H3,(H,13,14). The molecule has 82 valence electrons. The van der Waals surface area contributed by atoms with Crippen LogP contribution in [0.1, 0.15) is 12.5 Å². The minimum atomic E-state index is -0.470. The number of hydrogen-bond donors (Lipinski definition) is 2. The molecular formula is C11H16N2O2. The van der Waals surface area contributed by atoms with Gasteiger partial charge in [-0.2, -0.15) is 0 Å².